The molecule has 0 aromatic carbocycles. The zero-order chi connectivity index (χ0) is 13.7. The summed E-state index contributed by atoms with van der Waals surface area (Å²) in [6.07, 6.45) is 2.63. The average Bonchev–Trinajstić information content (AvgIpc) is 2.61. The molecule has 0 bridgehead atoms. The lowest BCUT2D eigenvalue weighted by molar-refractivity contribution is -0.143. The van der Waals surface area contributed by atoms with Crippen molar-refractivity contribution < 1.29 is 19.4 Å². The van der Waals surface area contributed by atoms with Crippen LogP contribution in [0.1, 0.15) is 12.7 Å². The maximum absolute atomic E-state index is 11.4. The second-order valence-corrected chi connectivity index (χ2v) is 3.48. The molecule has 7 heteroatoms. The second kappa shape index (κ2) is 5.85. The van der Waals surface area contributed by atoms with Crippen molar-refractivity contribution in [2.24, 2.45) is 7.05 Å². The molecule has 0 unspecified atom stereocenters. The highest BCUT2D eigenvalue weighted by Crippen LogP contribution is 2.09. The number of aryl methyl sites for hydroxylation is 1. The van der Waals surface area contributed by atoms with E-state index in [1.165, 1.54) is 6.20 Å². The number of hydrogen-bond acceptors (Lipinski definition) is 5. The molecule has 0 aliphatic carbocycles. The fourth-order valence-corrected chi connectivity index (χ4v) is 1.20. The lowest BCUT2D eigenvalue weighted by Gasteiger charge is -2.05. The third kappa shape index (κ3) is 3.09. The van der Waals surface area contributed by atoms with E-state index in [0.29, 0.717) is 5.82 Å². The Morgan fingerprint density at radius 1 is 1.61 bits per heavy atom. The predicted octanol–water partition coefficient (Wildman–Crippen LogP) is 0.672. The molecule has 1 aromatic rings. The van der Waals surface area contributed by atoms with Crippen molar-refractivity contribution in [2.45, 2.75) is 13.8 Å². The molecule has 0 saturated carbocycles. The van der Waals surface area contributed by atoms with Gasteiger partial charge in [-0.3, -0.25) is 0 Å². The summed E-state index contributed by atoms with van der Waals surface area (Å²) in [5.41, 5.74) is -0.462. The van der Waals surface area contributed by atoms with Crippen LogP contribution in [0.4, 0.5) is 5.82 Å². The number of aromatic nitrogens is 2. The van der Waals surface area contributed by atoms with Gasteiger partial charge in [0.2, 0.25) is 0 Å². The van der Waals surface area contributed by atoms with Crippen LogP contribution in [0.2, 0.25) is 0 Å². The molecular weight excluding hydrogens is 238 g/mol. The van der Waals surface area contributed by atoms with E-state index < -0.39 is 17.5 Å². The topological polar surface area (TPSA) is 93.5 Å². The number of anilines is 1. The number of rotatable bonds is 5. The molecule has 2 N–H and O–H groups in total. The summed E-state index contributed by atoms with van der Waals surface area (Å²) in [5.74, 6) is -0.884. The van der Waals surface area contributed by atoms with Gasteiger partial charge in [0.1, 0.15) is 11.6 Å². The number of nitrogens with one attached hydrogen (secondary N) is 1. The Kier molecular flexibility index (Phi) is 4.47. The van der Waals surface area contributed by atoms with E-state index in [0.717, 1.165) is 12.0 Å². The van der Waals surface area contributed by atoms with Crippen molar-refractivity contribution >= 4 is 17.8 Å². The molecule has 0 saturated heterocycles. The second-order valence-electron chi connectivity index (χ2n) is 3.48. The van der Waals surface area contributed by atoms with E-state index in [1.54, 1.807) is 25.5 Å². The van der Waals surface area contributed by atoms with E-state index >= 15 is 0 Å². The SMILES string of the molecule is CCOC(=O)C(=CNc1cnc(C)n1C)C(=O)O. The number of esters is 1. The van der Waals surface area contributed by atoms with Crippen LogP contribution >= 0.6 is 0 Å². The molecule has 18 heavy (non-hydrogen) atoms. The molecule has 0 aliphatic heterocycles. The van der Waals surface area contributed by atoms with Crippen LogP contribution in [0.5, 0.6) is 0 Å². The van der Waals surface area contributed by atoms with Crippen molar-refractivity contribution in [3.05, 3.63) is 23.8 Å². The average molecular weight is 253 g/mol. The minimum absolute atomic E-state index is 0.119. The van der Waals surface area contributed by atoms with Crippen LogP contribution in [-0.4, -0.2) is 33.2 Å². The van der Waals surface area contributed by atoms with Gasteiger partial charge >= 0.3 is 11.9 Å². The maximum Gasteiger partial charge on any atom is 0.347 e. The van der Waals surface area contributed by atoms with Gasteiger partial charge in [-0.15, -0.1) is 0 Å². The summed E-state index contributed by atoms with van der Waals surface area (Å²) in [6, 6.07) is 0. The van der Waals surface area contributed by atoms with Crippen molar-refractivity contribution in [3.63, 3.8) is 0 Å². The van der Waals surface area contributed by atoms with Crippen molar-refractivity contribution in [3.8, 4) is 0 Å². The summed E-state index contributed by atoms with van der Waals surface area (Å²) in [6.45, 7) is 3.53. The largest absolute Gasteiger partial charge is 0.477 e. The number of ether oxygens (including phenoxy) is 1. The summed E-state index contributed by atoms with van der Waals surface area (Å²) in [4.78, 5) is 26.3. The Morgan fingerprint density at radius 2 is 2.28 bits per heavy atom. The van der Waals surface area contributed by atoms with Gasteiger partial charge in [0.25, 0.3) is 0 Å². The van der Waals surface area contributed by atoms with Gasteiger partial charge in [-0.05, 0) is 13.8 Å². The summed E-state index contributed by atoms with van der Waals surface area (Å²) in [5, 5.41) is 11.6. The normalized spacial score (nSPS) is 11.2. The minimum atomic E-state index is -1.35. The van der Waals surface area contributed by atoms with E-state index in [9.17, 15) is 9.59 Å². The van der Waals surface area contributed by atoms with Gasteiger partial charge in [-0.25, -0.2) is 14.6 Å². The lowest BCUT2D eigenvalue weighted by Crippen LogP contribution is -2.17. The number of nitrogens with zero attached hydrogens (tertiary/aromatic N) is 2. The molecule has 7 nitrogen and oxygen atoms in total. The summed E-state index contributed by atoms with van der Waals surface area (Å²) >= 11 is 0. The van der Waals surface area contributed by atoms with Gasteiger partial charge in [-0.2, -0.15) is 0 Å². The fraction of sp³-hybridized carbons (Fsp3) is 0.364. The van der Waals surface area contributed by atoms with Crippen LogP contribution in [0.3, 0.4) is 0 Å². The molecule has 0 amide bonds. The first-order valence-electron chi connectivity index (χ1n) is 5.32. The third-order valence-electron chi connectivity index (χ3n) is 2.31. The van der Waals surface area contributed by atoms with Gasteiger partial charge < -0.3 is 19.7 Å². The van der Waals surface area contributed by atoms with Crippen LogP contribution in [0, 0.1) is 6.92 Å². The van der Waals surface area contributed by atoms with Gasteiger partial charge in [0, 0.05) is 13.2 Å². The first-order chi connectivity index (χ1) is 8.47. The molecule has 0 spiro atoms. The van der Waals surface area contributed by atoms with Crippen LogP contribution < -0.4 is 5.32 Å². The van der Waals surface area contributed by atoms with E-state index in [1.807, 2.05) is 0 Å². The smallest absolute Gasteiger partial charge is 0.347 e. The van der Waals surface area contributed by atoms with Gasteiger partial charge in [0.05, 0.1) is 12.8 Å². The molecular formula is C11H15N3O4. The predicted molar refractivity (Wildman–Crippen MR) is 63.9 cm³/mol. The van der Waals surface area contributed by atoms with Crippen LogP contribution in [0.15, 0.2) is 18.0 Å². The first-order valence-corrected chi connectivity index (χ1v) is 5.32. The zero-order valence-electron chi connectivity index (χ0n) is 10.4. The standard InChI is InChI=1S/C11H15N3O4/c1-4-18-11(17)8(10(15)16)5-13-9-6-12-7(2)14(9)3/h5-6,13H,4H2,1-3H3,(H,15,16). The van der Waals surface area contributed by atoms with Crippen molar-refractivity contribution in [1.82, 2.24) is 9.55 Å². The molecule has 1 rings (SSSR count). The number of hydrogen-bond donors (Lipinski definition) is 2. The Morgan fingerprint density at radius 3 is 2.72 bits per heavy atom. The monoisotopic (exact) mass is 253 g/mol. The van der Waals surface area contributed by atoms with Crippen molar-refractivity contribution in [2.75, 3.05) is 11.9 Å². The number of carbonyl (C=O) groups excluding carboxylic acids is 1. The summed E-state index contributed by atoms with van der Waals surface area (Å²) in [7, 11) is 1.77. The van der Waals surface area contributed by atoms with Gasteiger partial charge in [0.15, 0.2) is 5.57 Å². The number of imidazole rings is 1. The highest BCUT2D eigenvalue weighted by molar-refractivity contribution is 6.13. The summed E-state index contributed by atoms with van der Waals surface area (Å²) < 4.78 is 6.36. The molecule has 1 aromatic heterocycles. The van der Waals surface area contributed by atoms with E-state index in [2.05, 4.69) is 15.0 Å². The fourth-order valence-electron chi connectivity index (χ4n) is 1.20. The molecule has 1 heterocycles. The molecule has 0 aliphatic rings. The van der Waals surface area contributed by atoms with Gasteiger partial charge in [-0.1, -0.05) is 0 Å². The number of aliphatic carboxylic acids is 1. The molecule has 0 fully saturated rings. The molecule has 0 radical (unpaired) electrons. The molecule has 0 atom stereocenters. The Bertz CT molecular complexity index is 490. The quantitative estimate of drug-likeness (QED) is 0.347. The Hall–Kier alpha value is -2.31. The number of carboxylic acids is 1. The lowest BCUT2D eigenvalue weighted by atomic mass is 10.3. The maximum atomic E-state index is 11.4. The van der Waals surface area contributed by atoms with Crippen molar-refractivity contribution in [1.29, 1.82) is 0 Å². The first kappa shape index (κ1) is 13.8. The zero-order valence-corrected chi connectivity index (χ0v) is 10.4. The highest BCUT2D eigenvalue weighted by atomic mass is 16.5. The number of carbonyl (C=O) groups is 2. The molecule has 98 valence electrons. The Labute approximate surface area is 104 Å². The van der Waals surface area contributed by atoms with E-state index in [-0.39, 0.29) is 6.61 Å². The highest BCUT2D eigenvalue weighted by Gasteiger charge is 2.18. The van der Waals surface area contributed by atoms with E-state index in [4.69, 9.17) is 5.11 Å². The van der Waals surface area contributed by atoms with Crippen LogP contribution in [0.25, 0.3) is 0 Å². The Balaban J connectivity index is 2.87. The number of carboxylic acid groups (broad SMARTS) is 1. The minimum Gasteiger partial charge on any atom is -0.477 e. The van der Waals surface area contributed by atoms with Crippen LogP contribution in [-0.2, 0) is 21.4 Å². The third-order valence-corrected chi connectivity index (χ3v) is 2.31.